The third-order valence-corrected chi connectivity index (χ3v) is 3.58. The zero-order valence-electron chi connectivity index (χ0n) is 6.73. The second-order valence-corrected chi connectivity index (χ2v) is 4.20. The van der Waals surface area contributed by atoms with Crippen molar-refractivity contribution in [3.05, 3.63) is 6.92 Å². The van der Waals surface area contributed by atoms with Crippen LogP contribution in [0.4, 0.5) is 0 Å². The average Bonchev–Trinajstić information content (AvgIpc) is 2.01. The topological polar surface area (TPSA) is 0 Å². The first-order valence-corrected chi connectivity index (χ1v) is 4.67. The van der Waals surface area contributed by atoms with Crippen LogP contribution in [0.25, 0.3) is 0 Å². The van der Waals surface area contributed by atoms with E-state index in [1.54, 1.807) is 0 Å². The highest BCUT2D eigenvalue weighted by Crippen LogP contribution is 2.53. The molecule has 0 heteroatoms. The molecule has 2 saturated carbocycles. The Morgan fingerprint density at radius 1 is 1.00 bits per heavy atom. The number of rotatable bonds is 0. The molecule has 10 heavy (non-hydrogen) atoms. The van der Waals surface area contributed by atoms with Crippen LogP contribution < -0.4 is 0 Å². The molecule has 0 bridgehead atoms. The van der Waals surface area contributed by atoms with Crippen LogP contribution in [-0.2, 0) is 0 Å². The van der Waals surface area contributed by atoms with Crippen molar-refractivity contribution in [2.75, 3.05) is 0 Å². The molecule has 0 aromatic carbocycles. The molecule has 0 nitrogen and oxygen atoms in total. The zero-order valence-corrected chi connectivity index (χ0v) is 6.73. The van der Waals surface area contributed by atoms with E-state index in [9.17, 15) is 0 Å². The van der Waals surface area contributed by atoms with Crippen LogP contribution >= 0.6 is 0 Å². The summed E-state index contributed by atoms with van der Waals surface area (Å²) in [5, 5.41) is 0. The lowest BCUT2D eigenvalue weighted by molar-refractivity contribution is 0.0728. The van der Waals surface area contributed by atoms with Crippen molar-refractivity contribution in [3.8, 4) is 0 Å². The normalized spacial score (nSPS) is 47.1. The van der Waals surface area contributed by atoms with E-state index in [-0.39, 0.29) is 0 Å². The summed E-state index contributed by atoms with van der Waals surface area (Å²) in [7, 11) is 0. The predicted molar refractivity (Wildman–Crippen MR) is 43.6 cm³/mol. The van der Waals surface area contributed by atoms with Crippen molar-refractivity contribution >= 4 is 0 Å². The molecule has 2 unspecified atom stereocenters. The molecule has 0 saturated heterocycles. The first-order chi connectivity index (χ1) is 4.81. The molecule has 2 fully saturated rings. The third-order valence-electron chi connectivity index (χ3n) is 3.58. The lowest BCUT2D eigenvalue weighted by Crippen LogP contribution is -2.36. The number of fused-ring (bicyclic) bond motifs is 1. The minimum atomic E-state index is 0.552. The maximum Gasteiger partial charge on any atom is -0.0269 e. The molecule has 0 amide bonds. The van der Waals surface area contributed by atoms with Gasteiger partial charge in [-0.2, -0.15) is 0 Å². The highest BCUT2D eigenvalue weighted by Gasteiger charge is 2.42. The Balaban J connectivity index is 2.03. The van der Waals surface area contributed by atoms with Crippen molar-refractivity contribution < 1.29 is 0 Å². The predicted octanol–water partition coefficient (Wildman–Crippen LogP) is 3.18. The molecular weight excluding hydrogens is 120 g/mol. The molecule has 0 aliphatic heterocycles. The Kier molecular flexibility index (Phi) is 1.51. The largest absolute Gasteiger partial charge is 0.0533 e. The summed E-state index contributed by atoms with van der Waals surface area (Å²) in [5.41, 5.74) is 0.552. The molecular formula is C10H17. The monoisotopic (exact) mass is 137 g/mol. The Hall–Kier alpha value is 0. The van der Waals surface area contributed by atoms with Crippen LogP contribution in [0.15, 0.2) is 0 Å². The molecule has 0 spiro atoms. The summed E-state index contributed by atoms with van der Waals surface area (Å²) in [6.07, 6.45) is 10.2. The van der Waals surface area contributed by atoms with E-state index < -0.39 is 0 Å². The molecule has 2 atom stereocenters. The van der Waals surface area contributed by atoms with Gasteiger partial charge in [-0.25, -0.2) is 0 Å². The van der Waals surface area contributed by atoms with E-state index in [0.29, 0.717) is 5.41 Å². The van der Waals surface area contributed by atoms with Gasteiger partial charge in [0.2, 0.25) is 0 Å². The minimum absolute atomic E-state index is 0.552. The van der Waals surface area contributed by atoms with Crippen LogP contribution in [-0.4, -0.2) is 0 Å². The van der Waals surface area contributed by atoms with E-state index in [0.717, 1.165) is 5.92 Å². The average molecular weight is 137 g/mol. The second kappa shape index (κ2) is 2.25. The van der Waals surface area contributed by atoms with Gasteiger partial charge < -0.3 is 0 Å². The first kappa shape index (κ1) is 6.69. The van der Waals surface area contributed by atoms with Gasteiger partial charge >= 0.3 is 0 Å². The Bertz CT molecular complexity index is 128. The molecule has 0 aromatic heterocycles. The van der Waals surface area contributed by atoms with E-state index in [1.807, 2.05) is 0 Å². The van der Waals surface area contributed by atoms with Crippen molar-refractivity contribution in [2.24, 2.45) is 11.3 Å². The van der Waals surface area contributed by atoms with Crippen molar-refractivity contribution in [2.45, 2.75) is 44.9 Å². The molecule has 2 aliphatic rings. The summed E-state index contributed by atoms with van der Waals surface area (Å²) < 4.78 is 0. The molecule has 0 heterocycles. The van der Waals surface area contributed by atoms with Crippen molar-refractivity contribution in [1.29, 1.82) is 0 Å². The standard InChI is InChI=1S/C10H17/c1-10-7-4-2-3-5-9(10)6-8-10/h9H,1-8H2. The quantitative estimate of drug-likeness (QED) is 0.481. The molecule has 2 rings (SSSR count). The molecule has 2 aliphatic carbocycles. The van der Waals surface area contributed by atoms with Crippen LogP contribution in [0.5, 0.6) is 0 Å². The first-order valence-electron chi connectivity index (χ1n) is 4.67. The maximum atomic E-state index is 4.36. The molecule has 0 aromatic rings. The van der Waals surface area contributed by atoms with Gasteiger partial charge in [0.05, 0.1) is 0 Å². The van der Waals surface area contributed by atoms with Gasteiger partial charge in [0, 0.05) is 0 Å². The van der Waals surface area contributed by atoms with Crippen molar-refractivity contribution in [3.63, 3.8) is 0 Å². The Morgan fingerprint density at radius 3 is 2.60 bits per heavy atom. The number of hydrogen-bond donors (Lipinski definition) is 0. The smallest absolute Gasteiger partial charge is 0.0269 e. The van der Waals surface area contributed by atoms with Gasteiger partial charge in [-0.05, 0) is 43.9 Å². The number of hydrogen-bond acceptors (Lipinski definition) is 0. The van der Waals surface area contributed by atoms with Gasteiger partial charge in [-0.15, -0.1) is 0 Å². The molecule has 1 radical (unpaired) electrons. The highest BCUT2D eigenvalue weighted by atomic mass is 14.5. The van der Waals surface area contributed by atoms with E-state index in [1.165, 1.54) is 44.9 Å². The van der Waals surface area contributed by atoms with Crippen LogP contribution in [0.3, 0.4) is 0 Å². The minimum Gasteiger partial charge on any atom is -0.0533 e. The van der Waals surface area contributed by atoms with Crippen LogP contribution in [0.1, 0.15) is 44.9 Å². The van der Waals surface area contributed by atoms with Crippen molar-refractivity contribution in [1.82, 2.24) is 0 Å². The van der Waals surface area contributed by atoms with Gasteiger partial charge in [0.1, 0.15) is 0 Å². The van der Waals surface area contributed by atoms with Gasteiger partial charge in [0.15, 0.2) is 0 Å². The van der Waals surface area contributed by atoms with E-state index >= 15 is 0 Å². The fourth-order valence-electron chi connectivity index (χ4n) is 2.58. The van der Waals surface area contributed by atoms with Crippen LogP contribution in [0.2, 0.25) is 0 Å². The summed E-state index contributed by atoms with van der Waals surface area (Å²) in [4.78, 5) is 0. The second-order valence-electron chi connectivity index (χ2n) is 4.20. The third kappa shape index (κ3) is 0.889. The Labute approximate surface area is 64.0 Å². The molecule has 0 N–H and O–H groups in total. The summed E-state index contributed by atoms with van der Waals surface area (Å²) in [6, 6.07) is 0. The lowest BCUT2D eigenvalue weighted by Gasteiger charge is -2.46. The Morgan fingerprint density at radius 2 is 1.90 bits per heavy atom. The molecule has 57 valence electrons. The zero-order chi connectivity index (χ0) is 7.03. The lowest BCUT2D eigenvalue weighted by atomic mass is 9.59. The summed E-state index contributed by atoms with van der Waals surface area (Å²) in [6.45, 7) is 4.36. The van der Waals surface area contributed by atoms with Gasteiger partial charge in [-0.3, -0.25) is 0 Å². The highest BCUT2D eigenvalue weighted by molar-refractivity contribution is 4.98. The summed E-state index contributed by atoms with van der Waals surface area (Å²) >= 11 is 0. The SMILES string of the molecule is [CH2]C12CCCCCC1CC2. The maximum absolute atomic E-state index is 4.36. The van der Waals surface area contributed by atoms with Gasteiger partial charge in [0.25, 0.3) is 0 Å². The van der Waals surface area contributed by atoms with Crippen LogP contribution in [0, 0.1) is 18.3 Å². The van der Waals surface area contributed by atoms with Gasteiger partial charge in [-0.1, -0.05) is 19.3 Å². The fourth-order valence-corrected chi connectivity index (χ4v) is 2.58. The van der Waals surface area contributed by atoms with E-state index in [2.05, 4.69) is 6.92 Å². The van der Waals surface area contributed by atoms with E-state index in [4.69, 9.17) is 0 Å². The summed E-state index contributed by atoms with van der Waals surface area (Å²) in [5.74, 6) is 1.01. The fraction of sp³-hybridized carbons (Fsp3) is 0.900.